The van der Waals surface area contributed by atoms with Crippen LogP contribution in [0.15, 0.2) is 18.2 Å². The fourth-order valence-corrected chi connectivity index (χ4v) is 1.47. The topological polar surface area (TPSA) is 21.3 Å². The lowest BCUT2D eigenvalue weighted by Gasteiger charge is -2.08. The smallest absolute Gasteiger partial charge is 0.127 e. The molecule has 2 nitrogen and oxygen atoms in total. The molecule has 0 spiro atoms. The van der Waals surface area contributed by atoms with Crippen molar-refractivity contribution < 1.29 is 9.13 Å². The Kier molecular flexibility index (Phi) is 3.21. The molecule has 0 aliphatic heterocycles. The van der Waals surface area contributed by atoms with Crippen molar-refractivity contribution in [2.45, 2.75) is 19.4 Å². The minimum Gasteiger partial charge on any atom is -0.493 e. The molecule has 0 bridgehead atoms. The molecule has 1 fully saturated rings. The van der Waals surface area contributed by atoms with E-state index in [1.807, 2.05) is 0 Å². The van der Waals surface area contributed by atoms with Gasteiger partial charge >= 0.3 is 0 Å². The summed E-state index contributed by atoms with van der Waals surface area (Å²) in [6.07, 6.45) is 2.54. The monoisotopic (exact) mass is 209 g/mol. The predicted octanol–water partition coefficient (Wildman–Crippen LogP) is 2.33. The third-order valence-electron chi connectivity index (χ3n) is 2.57. The number of hydrogen-bond donors (Lipinski definition) is 1. The van der Waals surface area contributed by atoms with Crippen molar-refractivity contribution in [1.29, 1.82) is 0 Å². The van der Waals surface area contributed by atoms with Gasteiger partial charge in [-0.2, -0.15) is 0 Å². The van der Waals surface area contributed by atoms with Gasteiger partial charge in [-0.05, 0) is 44.0 Å². The van der Waals surface area contributed by atoms with Crippen molar-refractivity contribution in [2.75, 3.05) is 13.7 Å². The number of rotatable bonds is 5. The lowest BCUT2D eigenvalue weighted by Crippen LogP contribution is -2.07. The predicted molar refractivity (Wildman–Crippen MR) is 57.4 cm³/mol. The van der Waals surface area contributed by atoms with Crippen molar-refractivity contribution in [2.24, 2.45) is 5.92 Å². The second-order valence-corrected chi connectivity index (χ2v) is 4.04. The molecule has 1 N–H and O–H groups in total. The van der Waals surface area contributed by atoms with E-state index in [9.17, 15) is 4.39 Å². The van der Waals surface area contributed by atoms with E-state index >= 15 is 0 Å². The first kappa shape index (κ1) is 10.4. The normalized spacial score (nSPS) is 15.3. The van der Waals surface area contributed by atoms with Crippen LogP contribution >= 0.6 is 0 Å². The highest BCUT2D eigenvalue weighted by atomic mass is 19.1. The molecular weight excluding hydrogens is 193 g/mol. The van der Waals surface area contributed by atoms with Gasteiger partial charge in [0.25, 0.3) is 0 Å². The summed E-state index contributed by atoms with van der Waals surface area (Å²) in [5.41, 5.74) is 0.658. The van der Waals surface area contributed by atoms with Gasteiger partial charge in [0.15, 0.2) is 0 Å². The number of ether oxygens (including phenoxy) is 1. The summed E-state index contributed by atoms with van der Waals surface area (Å²) in [6, 6.07) is 4.93. The Morgan fingerprint density at radius 1 is 1.47 bits per heavy atom. The number of halogens is 1. The van der Waals surface area contributed by atoms with E-state index in [2.05, 4.69) is 5.32 Å². The zero-order chi connectivity index (χ0) is 10.7. The first-order valence-electron chi connectivity index (χ1n) is 5.35. The van der Waals surface area contributed by atoms with E-state index in [-0.39, 0.29) is 5.82 Å². The summed E-state index contributed by atoms with van der Waals surface area (Å²) in [4.78, 5) is 0. The summed E-state index contributed by atoms with van der Waals surface area (Å²) >= 11 is 0. The SMILES string of the molecule is CNCc1cc(OCC2CC2)ccc1F. The van der Waals surface area contributed by atoms with Gasteiger partial charge in [0.05, 0.1) is 6.61 Å². The Morgan fingerprint density at radius 3 is 2.93 bits per heavy atom. The molecule has 0 radical (unpaired) electrons. The number of hydrogen-bond acceptors (Lipinski definition) is 2. The highest BCUT2D eigenvalue weighted by Gasteiger charge is 2.21. The van der Waals surface area contributed by atoms with Crippen LogP contribution in [-0.2, 0) is 6.54 Å². The Balaban J connectivity index is 1.99. The van der Waals surface area contributed by atoms with Crippen LogP contribution in [0.4, 0.5) is 4.39 Å². The molecule has 1 aromatic rings. The minimum atomic E-state index is -0.178. The molecular formula is C12H16FNO. The van der Waals surface area contributed by atoms with Crippen LogP contribution in [0.5, 0.6) is 5.75 Å². The van der Waals surface area contributed by atoms with Gasteiger partial charge in [0.2, 0.25) is 0 Å². The third kappa shape index (κ3) is 2.93. The van der Waals surface area contributed by atoms with E-state index in [1.54, 1.807) is 19.2 Å². The highest BCUT2D eigenvalue weighted by Crippen LogP contribution is 2.29. The van der Waals surface area contributed by atoms with Crippen LogP contribution in [0.2, 0.25) is 0 Å². The zero-order valence-electron chi connectivity index (χ0n) is 8.92. The molecule has 2 rings (SSSR count). The van der Waals surface area contributed by atoms with E-state index < -0.39 is 0 Å². The average molecular weight is 209 g/mol. The average Bonchev–Trinajstić information content (AvgIpc) is 3.03. The zero-order valence-corrected chi connectivity index (χ0v) is 8.92. The van der Waals surface area contributed by atoms with Crippen LogP contribution in [0, 0.1) is 11.7 Å². The first-order valence-corrected chi connectivity index (χ1v) is 5.35. The third-order valence-corrected chi connectivity index (χ3v) is 2.57. The second-order valence-electron chi connectivity index (χ2n) is 4.04. The Bertz CT molecular complexity index is 336. The summed E-state index contributed by atoms with van der Waals surface area (Å²) in [5, 5.41) is 2.93. The maximum absolute atomic E-state index is 13.3. The molecule has 0 saturated heterocycles. The van der Waals surface area contributed by atoms with Gasteiger partial charge in [0.1, 0.15) is 11.6 Å². The van der Waals surface area contributed by atoms with E-state index in [4.69, 9.17) is 4.74 Å². The summed E-state index contributed by atoms with van der Waals surface area (Å²) in [6.45, 7) is 1.30. The van der Waals surface area contributed by atoms with Crippen LogP contribution < -0.4 is 10.1 Å². The fraction of sp³-hybridized carbons (Fsp3) is 0.500. The van der Waals surface area contributed by atoms with Gasteiger partial charge < -0.3 is 10.1 Å². The van der Waals surface area contributed by atoms with Crippen molar-refractivity contribution >= 4 is 0 Å². The molecule has 0 atom stereocenters. The first-order chi connectivity index (χ1) is 7.29. The summed E-state index contributed by atoms with van der Waals surface area (Å²) in [7, 11) is 1.80. The largest absolute Gasteiger partial charge is 0.493 e. The van der Waals surface area contributed by atoms with Gasteiger partial charge in [-0.3, -0.25) is 0 Å². The molecule has 0 unspecified atom stereocenters. The van der Waals surface area contributed by atoms with Crippen LogP contribution in [0.1, 0.15) is 18.4 Å². The van der Waals surface area contributed by atoms with Gasteiger partial charge in [-0.25, -0.2) is 4.39 Å². The van der Waals surface area contributed by atoms with Crippen molar-refractivity contribution in [3.63, 3.8) is 0 Å². The molecule has 0 aromatic heterocycles. The van der Waals surface area contributed by atoms with Crippen molar-refractivity contribution in [3.05, 3.63) is 29.6 Å². The maximum Gasteiger partial charge on any atom is 0.127 e. The van der Waals surface area contributed by atoms with Gasteiger partial charge in [0, 0.05) is 12.1 Å². The quantitative estimate of drug-likeness (QED) is 0.803. The molecule has 1 aromatic carbocycles. The molecule has 0 amide bonds. The molecule has 3 heteroatoms. The van der Waals surface area contributed by atoms with Crippen LogP contribution in [0.3, 0.4) is 0 Å². The summed E-state index contributed by atoms with van der Waals surface area (Å²) in [5.74, 6) is 1.32. The van der Waals surface area contributed by atoms with Crippen LogP contribution in [0.25, 0.3) is 0 Å². The van der Waals surface area contributed by atoms with Gasteiger partial charge in [-0.15, -0.1) is 0 Å². The number of nitrogens with one attached hydrogen (secondary N) is 1. The molecule has 1 aliphatic rings. The lowest BCUT2D eigenvalue weighted by atomic mass is 10.2. The Labute approximate surface area is 89.4 Å². The highest BCUT2D eigenvalue weighted by molar-refractivity contribution is 5.29. The number of benzene rings is 1. The molecule has 1 saturated carbocycles. The van der Waals surface area contributed by atoms with Crippen molar-refractivity contribution in [3.8, 4) is 5.75 Å². The van der Waals surface area contributed by atoms with Crippen molar-refractivity contribution in [1.82, 2.24) is 5.32 Å². The van der Waals surface area contributed by atoms with Crippen LogP contribution in [-0.4, -0.2) is 13.7 Å². The fourth-order valence-electron chi connectivity index (χ4n) is 1.47. The molecule has 15 heavy (non-hydrogen) atoms. The Hall–Kier alpha value is -1.09. The molecule has 0 heterocycles. The minimum absolute atomic E-state index is 0.178. The van der Waals surface area contributed by atoms with E-state index in [0.717, 1.165) is 18.3 Å². The molecule has 82 valence electrons. The second kappa shape index (κ2) is 4.62. The summed E-state index contributed by atoms with van der Waals surface area (Å²) < 4.78 is 18.8. The van der Waals surface area contributed by atoms with Gasteiger partial charge in [-0.1, -0.05) is 0 Å². The van der Waals surface area contributed by atoms with E-state index in [1.165, 1.54) is 18.9 Å². The standard InChI is InChI=1S/C12H16FNO/c1-14-7-10-6-11(4-5-12(10)13)15-8-9-2-3-9/h4-6,9,14H,2-3,7-8H2,1H3. The molecule has 1 aliphatic carbocycles. The lowest BCUT2D eigenvalue weighted by molar-refractivity contribution is 0.299. The maximum atomic E-state index is 13.3. The van der Waals surface area contributed by atoms with E-state index in [0.29, 0.717) is 12.1 Å². The Morgan fingerprint density at radius 2 is 2.27 bits per heavy atom.